The van der Waals surface area contributed by atoms with Gasteiger partial charge in [0, 0.05) is 25.6 Å². The molecule has 2 N–H and O–H groups in total. The summed E-state index contributed by atoms with van der Waals surface area (Å²) in [6.45, 7) is 0.641. The summed E-state index contributed by atoms with van der Waals surface area (Å²) in [5.41, 5.74) is -0.826. The molecule has 0 bridgehead atoms. The Kier molecular flexibility index (Phi) is 3.96. The van der Waals surface area contributed by atoms with Gasteiger partial charge in [0.15, 0.2) is 0 Å². The maximum atomic E-state index is 12.2. The Morgan fingerprint density at radius 3 is 2.72 bits per heavy atom. The summed E-state index contributed by atoms with van der Waals surface area (Å²) < 4.78 is 32.1. The van der Waals surface area contributed by atoms with E-state index in [0.29, 0.717) is 26.1 Å². The second-order valence-electron chi connectivity index (χ2n) is 4.35. The van der Waals surface area contributed by atoms with Gasteiger partial charge in [-0.25, -0.2) is 13.1 Å². The summed E-state index contributed by atoms with van der Waals surface area (Å²) in [6, 6.07) is 3.03. The first-order chi connectivity index (χ1) is 8.58. The molecule has 1 aromatic rings. The Balaban J connectivity index is 2.21. The largest absolute Gasteiger partial charge is 0.394 e. The summed E-state index contributed by atoms with van der Waals surface area (Å²) in [4.78, 5) is 3.89. The van der Waals surface area contributed by atoms with Crippen LogP contribution in [0.5, 0.6) is 0 Å². The number of sulfonamides is 1. The van der Waals surface area contributed by atoms with Crippen molar-refractivity contribution in [3.05, 3.63) is 24.5 Å². The maximum absolute atomic E-state index is 12.2. The van der Waals surface area contributed by atoms with Crippen LogP contribution in [0.25, 0.3) is 0 Å². The van der Waals surface area contributed by atoms with Crippen molar-refractivity contribution in [3.63, 3.8) is 0 Å². The lowest BCUT2D eigenvalue weighted by molar-refractivity contribution is 0.0223. The SMILES string of the molecule is O=S(=O)(NC1(CO)CCOCC1)c1cccnc1. The number of hydrogen-bond donors (Lipinski definition) is 2. The van der Waals surface area contributed by atoms with E-state index >= 15 is 0 Å². The lowest BCUT2D eigenvalue weighted by Crippen LogP contribution is -2.54. The third kappa shape index (κ3) is 2.86. The summed E-state index contributed by atoms with van der Waals surface area (Å²) >= 11 is 0. The second-order valence-corrected chi connectivity index (χ2v) is 6.03. The Labute approximate surface area is 106 Å². The van der Waals surface area contributed by atoms with Gasteiger partial charge in [-0.3, -0.25) is 4.98 Å². The molecule has 7 heteroatoms. The molecule has 0 aromatic carbocycles. The number of ether oxygens (including phenoxy) is 1. The third-order valence-corrected chi connectivity index (χ3v) is 4.61. The fraction of sp³-hybridized carbons (Fsp3) is 0.545. The molecule has 18 heavy (non-hydrogen) atoms. The molecule has 0 saturated carbocycles. The monoisotopic (exact) mass is 272 g/mol. The highest BCUT2D eigenvalue weighted by Gasteiger charge is 2.36. The van der Waals surface area contributed by atoms with Crippen LogP contribution >= 0.6 is 0 Å². The zero-order valence-electron chi connectivity index (χ0n) is 9.87. The number of aliphatic hydroxyl groups excluding tert-OH is 1. The minimum absolute atomic E-state index is 0.101. The molecule has 1 aliphatic rings. The number of hydrogen-bond acceptors (Lipinski definition) is 5. The van der Waals surface area contributed by atoms with Gasteiger partial charge in [-0.2, -0.15) is 0 Å². The normalized spacial score (nSPS) is 19.6. The minimum atomic E-state index is -3.66. The topological polar surface area (TPSA) is 88.5 Å². The molecule has 0 atom stereocenters. The fourth-order valence-corrected chi connectivity index (χ4v) is 3.32. The van der Waals surface area contributed by atoms with E-state index in [1.807, 2.05) is 0 Å². The molecular formula is C11H16N2O4S. The van der Waals surface area contributed by atoms with Crippen LogP contribution in [0.15, 0.2) is 29.4 Å². The molecule has 0 unspecified atom stereocenters. The maximum Gasteiger partial charge on any atom is 0.242 e. The van der Waals surface area contributed by atoms with E-state index in [0.717, 1.165) is 0 Å². The minimum Gasteiger partial charge on any atom is -0.394 e. The molecule has 0 amide bonds. The van der Waals surface area contributed by atoms with Crippen molar-refractivity contribution in [3.8, 4) is 0 Å². The van der Waals surface area contributed by atoms with Crippen LogP contribution in [-0.4, -0.2) is 43.9 Å². The van der Waals surface area contributed by atoms with Gasteiger partial charge < -0.3 is 9.84 Å². The van der Waals surface area contributed by atoms with Crippen LogP contribution < -0.4 is 4.72 Å². The van der Waals surface area contributed by atoms with Crippen LogP contribution in [0.4, 0.5) is 0 Å². The number of aromatic nitrogens is 1. The molecule has 0 radical (unpaired) electrons. The number of pyridine rings is 1. The summed E-state index contributed by atoms with van der Waals surface area (Å²) in [5, 5.41) is 9.45. The van der Waals surface area contributed by atoms with E-state index in [1.54, 1.807) is 6.07 Å². The molecule has 2 rings (SSSR count). The number of aliphatic hydroxyl groups is 1. The molecule has 6 nitrogen and oxygen atoms in total. The molecule has 1 aromatic heterocycles. The molecule has 0 spiro atoms. The van der Waals surface area contributed by atoms with Gasteiger partial charge in [-0.15, -0.1) is 0 Å². The van der Waals surface area contributed by atoms with Gasteiger partial charge in [0.25, 0.3) is 0 Å². The zero-order chi connectivity index (χ0) is 13.1. The summed E-state index contributed by atoms with van der Waals surface area (Å²) in [5.74, 6) is 0. The van der Waals surface area contributed by atoms with Crippen LogP contribution in [0.1, 0.15) is 12.8 Å². The van der Waals surface area contributed by atoms with Gasteiger partial charge in [-0.05, 0) is 25.0 Å². The van der Waals surface area contributed by atoms with Crippen molar-refractivity contribution in [2.24, 2.45) is 0 Å². The average Bonchev–Trinajstić information content (AvgIpc) is 2.40. The quantitative estimate of drug-likeness (QED) is 0.799. The second kappa shape index (κ2) is 5.31. The number of nitrogens with one attached hydrogen (secondary N) is 1. The highest BCUT2D eigenvalue weighted by Crippen LogP contribution is 2.22. The highest BCUT2D eigenvalue weighted by atomic mass is 32.2. The Hall–Kier alpha value is -1.02. The van der Waals surface area contributed by atoms with Crippen molar-refractivity contribution in [2.45, 2.75) is 23.3 Å². The molecule has 0 aliphatic carbocycles. The van der Waals surface area contributed by atoms with Crippen LogP contribution in [0.3, 0.4) is 0 Å². The Morgan fingerprint density at radius 2 is 2.17 bits per heavy atom. The predicted molar refractivity (Wildman–Crippen MR) is 64.4 cm³/mol. The van der Waals surface area contributed by atoms with E-state index in [2.05, 4.69) is 9.71 Å². The Morgan fingerprint density at radius 1 is 1.44 bits per heavy atom. The van der Waals surface area contributed by atoms with Crippen molar-refractivity contribution < 1.29 is 18.3 Å². The molecule has 1 saturated heterocycles. The fourth-order valence-electron chi connectivity index (χ4n) is 1.90. The van der Waals surface area contributed by atoms with E-state index in [9.17, 15) is 13.5 Å². The van der Waals surface area contributed by atoms with Crippen molar-refractivity contribution in [2.75, 3.05) is 19.8 Å². The van der Waals surface area contributed by atoms with Crippen LogP contribution in [0.2, 0.25) is 0 Å². The standard InChI is InChI=1S/C11H16N2O4S/c14-9-11(3-6-17-7-4-11)13-18(15,16)10-2-1-5-12-8-10/h1-2,5,8,13-14H,3-4,6-7,9H2. The van der Waals surface area contributed by atoms with Crippen molar-refractivity contribution in [1.29, 1.82) is 0 Å². The van der Waals surface area contributed by atoms with Gasteiger partial charge in [0.05, 0.1) is 12.1 Å². The lowest BCUT2D eigenvalue weighted by atomic mass is 9.93. The first-order valence-electron chi connectivity index (χ1n) is 5.71. The predicted octanol–water partition coefficient (Wildman–Crippen LogP) is -0.0986. The third-order valence-electron chi connectivity index (χ3n) is 3.05. The van der Waals surface area contributed by atoms with E-state index < -0.39 is 15.6 Å². The molecule has 1 fully saturated rings. The molecule has 2 heterocycles. The van der Waals surface area contributed by atoms with Crippen molar-refractivity contribution >= 4 is 10.0 Å². The van der Waals surface area contributed by atoms with Gasteiger partial charge >= 0.3 is 0 Å². The van der Waals surface area contributed by atoms with E-state index in [1.165, 1.54) is 18.5 Å². The summed E-state index contributed by atoms with van der Waals surface area (Å²) in [7, 11) is -3.66. The first kappa shape index (κ1) is 13.4. The highest BCUT2D eigenvalue weighted by molar-refractivity contribution is 7.89. The van der Waals surface area contributed by atoms with Gasteiger partial charge in [0.1, 0.15) is 4.90 Å². The molecule has 100 valence electrons. The molecular weight excluding hydrogens is 256 g/mol. The number of nitrogens with zero attached hydrogens (tertiary/aromatic N) is 1. The number of rotatable bonds is 4. The summed E-state index contributed by atoms with van der Waals surface area (Å²) in [6.07, 6.45) is 3.72. The van der Waals surface area contributed by atoms with E-state index in [-0.39, 0.29) is 11.5 Å². The van der Waals surface area contributed by atoms with Crippen LogP contribution in [-0.2, 0) is 14.8 Å². The van der Waals surface area contributed by atoms with Crippen molar-refractivity contribution in [1.82, 2.24) is 9.71 Å². The Bertz CT molecular complexity index is 483. The zero-order valence-corrected chi connectivity index (χ0v) is 10.7. The van der Waals surface area contributed by atoms with Gasteiger partial charge in [0.2, 0.25) is 10.0 Å². The van der Waals surface area contributed by atoms with E-state index in [4.69, 9.17) is 4.74 Å². The average molecular weight is 272 g/mol. The van der Waals surface area contributed by atoms with Gasteiger partial charge in [-0.1, -0.05) is 0 Å². The van der Waals surface area contributed by atoms with Crippen LogP contribution in [0, 0.1) is 0 Å². The first-order valence-corrected chi connectivity index (χ1v) is 7.19. The lowest BCUT2D eigenvalue weighted by Gasteiger charge is -2.35. The smallest absolute Gasteiger partial charge is 0.242 e. The molecule has 1 aliphatic heterocycles.